The van der Waals surface area contributed by atoms with E-state index >= 15 is 0 Å². The number of nitrogens with two attached hydrogens (primary N) is 1. The molecule has 0 radical (unpaired) electrons. The Morgan fingerprint density at radius 1 is 0.971 bits per heavy atom. The summed E-state index contributed by atoms with van der Waals surface area (Å²) >= 11 is 0. The zero-order valence-corrected chi connectivity index (χ0v) is 19.4. The number of nitrogens with zero attached hydrogens (tertiary/aromatic N) is 8. The van der Waals surface area contributed by atoms with E-state index in [0.717, 1.165) is 69.4 Å². The van der Waals surface area contributed by atoms with E-state index in [1.54, 1.807) is 12.1 Å². The normalized spacial score (nSPS) is 17.3. The number of benzene rings is 1. The molecule has 6 rings (SSSR count). The van der Waals surface area contributed by atoms with Crippen molar-refractivity contribution in [2.24, 2.45) is 0 Å². The molecule has 0 bridgehead atoms. The van der Waals surface area contributed by atoms with E-state index in [1.165, 1.54) is 0 Å². The lowest BCUT2D eigenvalue weighted by molar-refractivity contribution is 0.374. The second kappa shape index (κ2) is 8.99. The predicted molar refractivity (Wildman–Crippen MR) is 134 cm³/mol. The van der Waals surface area contributed by atoms with Crippen molar-refractivity contribution in [1.29, 1.82) is 0 Å². The highest BCUT2D eigenvalue weighted by Gasteiger charge is 2.26. The lowest BCUT2D eigenvalue weighted by atomic mass is 10.1. The van der Waals surface area contributed by atoms with Crippen molar-refractivity contribution >= 4 is 28.6 Å². The first-order chi connectivity index (χ1) is 17.2. The number of nitrogen functional groups attached to an aromatic ring is 1. The fourth-order valence-corrected chi connectivity index (χ4v) is 4.93. The summed E-state index contributed by atoms with van der Waals surface area (Å²) in [4.78, 5) is 13.9. The van der Waals surface area contributed by atoms with Gasteiger partial charge >= 0.3 is 0 Å². The molecule has 2 aliphatic heterocycles. The number of aromatic nitrogens is 6. The number of piperazine rings is 1. The molecule has 11 nitrogen and oxygen atoms in total. The number of fused-ring (bicyclic) bond motifs is 1. The van der Waals surface area contributed by atoms with Gasteiger partial charge in [0.15, 0.2) is 11.3 Å². The minimum atomic E-state index is 0.163. The van der Waals surface area contributed by atoms with Crippen molar-refractivity contribution in [2.75, 3.05) is 54.8 Å². The average Bonchev–Trinajstić information content (AvgIpc) is 3.25. The lowest BCUT2D eigenvalue weighted by Gasteiger charge is -2.33. The van der Waals surface area contributed by atoms with Crippen molar-refractivity contribution in [2.45, 2.75) is 18.9 Å². The van der Waals surface area contributed by atoms with Gasteiger partial charge in [0.1, 0.15) is 11.6 Å². The Morgan fingerprint density at radius 3 is 2.57 bits per heavy atom. The van der Waals surface area contributed by atoms with Gasteiger partial charge in [0.25, 0.3) is 0 Å². The van der Waals surface area contributed by atoms with Crippen LogP contribution in [-0.4, -0.2) is 74.3 Å². The fraction of sp³-hybridized carbons (Fsp3) is 0.375. The number of aromatic hydroxyl groups is 1. The second-order valence-electron chi connectivity index (χ2n) is 8.98. The van der Waals surface area contributed by atoms with Gasteiger partial charge in [0.2, 0.25) is 5.95 Å². The van der Waals surface area contributed by atoms with Gasteiger partial charge in [-0.3, -0.25) is 4.68 Å². The Kier molecular flexibility index (Phi) is 5.53. The minimum Gasteiger partial charge on any atom is -0.507 e. The number of para-hydroxylation sites is 1. The maximum Gasteiger partial charge on any atom is 0.227 e. The predicted octanol–water partition coefficient (Wildman–Crippen LogP) is 1.82. The molecule has 2 saturated heterocycles. The quantitative estimate of drug-likeness (QED) is 0.404. The summed E-state index contributed by atoms with van der Waals surface area (Å²) in [6, 6.07) is 11.2. The lowest BCUT2D eigenvalue weighted by Crippen LogP contribution is -2.44. The number of hydrogen-bond donors (Lipinski definition) is 3. The third-order valence-corrected chi connectivity index (χ3v) is 6.82. The molecule has 0 spiro atoms. The molecular formula is C24H28N10O. The van der Waals surface area contributed by atoms with Crippen molar-refractivity contribution in [3.63, 3.8) is 0 Å². The number of rotatable bonds is 4. The Labute approximate surface area is 202 Å². The van der Waals surface area contributed by atoms with Gasteiger partial charge in [-0.25, -0.2) is 4.98 Å². The second-order valence-corrected chi connectivity index (χ2v) is 8.98. The Balaban J connectivity index is 1.22. The van der Waals surface area contributed by atoms with Gasteiger partial charge in [-0.15, -0.1) is 10.2 Å². The number of hydrogen-bond acceptors (Lipinski definition) is 10. The van der Waals surface area contributed by atoms with E-state index in [4.69, 9.17) is 10.7 Å². The first-order valence-corrected chi connectivity index (χ1v) is 12.0. The molecule has 0 atom stereocenters. The molecule has 11 heteroatoms. The molecule has 0 amide bonds. The largest absolute Gasteiger partial charge is 0.507 e. The third kappa shape index (κ3) is 4.08. The van der Waals surface area contributed by atoms with Crippen LogP contribution in [0.4, 0.5) is 17.6 Å². The molecule has 0 unspecified atom stereocenters. The molecular weight excluding hydrogens is 444 g/mol. The van der Waals surface area contributed by atoms with Crippen LogP contribution >= 0.6 is 0 Å². The van der Waals surface area contributed by atoms with Crippen LogP contribution in [-0.2, 0) is 0 Å². The van der Waals surface area contributed by atoms with Crippen LogP contribution in [0.2, 0.25) is 0 Å². The number of anilines is 3. The average molecular weight is 473 g/mol. The van der Waals surface area contributed by atoms with E-state index in [0.29, 0.717) is 22.6 Å². The number of phenols is 1. The Bertz CT molecular complexity index is 1340. The number of nitrogens with one attached hydrogen (secondary N) is 1. The van der Waals surface area contributed by atoms with Gasteiger partial charge in [-0.2, -0.15) is 10.1 Å². The Morgan fingerprint density at radius 2 is 1.77 bits per heavy atom. The highest BCUT2D eigenvalue weighted by atomic mass is 16.3. The van der Waals surface area contributed by atoms with Gasteiger partial charge in [-0.1, -0.05) is 12.1 Å². The molecule has 5 heterocycles. The monoisotopic (exact) mass is 472 g/mol. The molecule has 0 aliphatic carbocycles. The van der Waals surface area contributed by atoms with Crippen molar-refractivity contribution in [3.05, 3.63) is 42.6 Å². The molecule has 0 saturated carbocycles. The summed E-state index contributed by atoms with van der Waals surface area (Å²) in [6.45, 7) is 5.50. The molecule has 2 aliphatic rings. The first-order valence-electron chi connectivity index (χ1n) is 12.0. The topological polar surface area (TPSA) is 134 Å². The fourth-order valence-electron chi connectivity index (χ4n) is 4.93. The highest BCUT2D eigenvalue weighted by Crippen LogP contribution is 2.33. The highest BCUT2D eigenvalue weighted by molar-refractivity contribution is 5.87. The van der Waals surface area contributed by atoms with Crippen LogP contribution in [0.3, 0.4) is 0 Å². The summed E-state index contributed by atoms with van der Waals surface area (Å²) < 4.78 is 1.97. The first kappa shape index (κ1) is 21.5. The molecule has 180 valence electrons. The van der Waals surface area contributed by atoms with Crippen LogP contribution in [0.15, 0.2) is 42.6 Å². The summed E-state index contributed by atoms with van der Waals surface area (Å²) in [5.41, 5.74) is 8.81. The summed E-state index contributed by atoms with van der Waals surface area (Å²) in [5.74, 6) is 2.29. The van der Waals surface area contributed by atoms with Crippen LogP contribution in [0.5, 0.6) is 5.75 Å². The van der Waals surface area contributed by atoms with Crippen LogP contribution in [0.1, 0.15) is 18.9 Å². The van der Waals surface area contributed by atoms with Crippen LogP contribution in [0, 0.1) is 0 Å². The van der Waals surface area contributed by atoms with E-state index in [-0.39, 0.29) is 11.8 Å². The summed E-state index contributed by atoms with van der Waals surface area (Å²) in [7, 11) is 0. The molecule has 35 heavy (non-hydrogen) atoms. The zero-order chi connectivity index (χ0) is 23.8. The standard InChI is InChI=1S/C24H28N10O/c25-23-22-19(15-18(29-30-22)17-3-1-2-4-20(17)35)34(31-23)16-6-11-33(12-7-16)24-27-8-5-21(28-24)32-13-9-26-10-14-32/h1-5,8,15-16,26,35H,6-7,9-14H2,(H2,25,31). The zero-order valence-electron chi connectivity index (χ0n) is 19.4. The Hall–Kier alpha value is -3.99. The van der Waals surface area contributed by atoms with E-state index in [1.807, 2.05) is 35.1 Å². The van der Waals surface area contributed by atoms with Crippen molar-refractivity contribution < 1.29 is 5.11 Å². The van der Waals surface area contributed by atoms with Gasteiger partial charge < -0.3 is 26.0 Å². The van der Waals surface area contributed by atoms with E-state index < -0.39 is 0 Å². The third-order valence-electron chi connectivity index (χ3n) is 6.82. The maximum absolute atomic E-state index is 10.3. The molecule has 4 aromatic rings. The summed E-state index contributed by atoms with van der Waals surface area (Å²) in [6.07, 6.45) is 3.62. The smallest absolute Gasteiger partial charge is 0.227 e. The molecule has 2 fully saturated rings. The van der Waals surface area contributed by atoms with Gasteiger partial charge in [0.05, 0.1) is 17.3 Å². The number of phenolic OH excluding ortho intramolecular Hbond substituents is 1. The number of piperidine rings is 1. The molecule has 1 aromatic carbocycles. The van der Waals surface area contributed by atoms with Gasteiger partial charge in [0, 0.05) is 51.0 Å². The molecule has 3 aromatic heterocycles. The molecule has 4 N–H and O–H groups in total. The minimum absolute atomic E-state index is 0.163. The summed E-state index contributed by atoms with van der Waals surface area (Å²) in [5, 5.41) is 26.9. The van der Waals surface area contributed by atoms with E-state index in [9.17, 15) is 5.11 Å². The SMILES string of the molecule is Nc1nn(C2CCN(c3nccc(N4CCNCC4)n3)CC2)c2cc(-c3ccccc3O)nnc12. The van der Waals surface area contributed by atoms with E-state index in [2.05, 4.69) is 35.4 Å². The van der Waals surface area contributed by atoms with Crippen molar-refractivity contribution in [3.8, 4) is 17.0 Å². The van der Waals surface area contributed by atoms with Gasteiger partial charge in [-0.05, 0) is 37.1 Å². The van der Waals surface area contributed by atoms with Crippen molar-refractivity contribution in [1.82, 2.24) is 35.3 Å². The maximum atomic E-state index is 10.3. The van der Waals surface area contributed by atoms with Crippen LogP contribution < -0.4 is 20.9 Å². The van der Waals surface area contributed by atoms with Crippen LogP contribution in [0.25, 0.3) is 22.3 Å².